The molecule has 1 nitrogen and oxygen atoms in total. The van der Waals surface area contributed by atoms with Gasteiger partial charge in [-0.05, 0) is 37.5 Å². The summed E-state index contributed by atoms with van der Waals surface area (Å²) >= 11 is 0. The molecule has 0 amide bonds. The molecule has 0 unspecified atom stereocenters. The Labute approximate surface area is 61.4 Å². The van der Waals surface area contributed by atoms with Crippen LogP contribution in [0.2, 0.25) is 0 Å². The van der Waals surface area contributed by atoms with E-state index in [1.54, 1.807) is 0 Å². The van der Waals surface area contributed by atoms with Gasteiger partial charge >= 0.3 is 0 Å². The average molecular weight is 136 g/mol. The zero-order chi connectivity index (χ0) is 7.19. The number of aliphatic hydroxyl groups is 1. The fourth-order valence-electron chi connectivity index (χ4n) is 2.48. The average Bonchev–Trinajstić information content (AvgIpc) is 2.46. The van der Waals surface area contributed by atoms with Crippen LogP contribution >= 0.6 is 0 Å². The highest BCUT2D eigenvalue weighted by atomic mass is 16.3. The molecule has 0 heterocycles. The number of fused-ring (bicyclic) bond motifs is 2. The number of hydrogen-bond acceptors (Lipinski definition) is 1. The van der Waals surface area contributed by atoms with E-state index in [0.29, 0.717) is 5.92 Å². The van der Waals surface area contributed by atoms with E-state index < -0.39 is 5.60 Å². The van der Waals surface area contributed by atoms with E-state index in [-0.39, 0.29) is 0 Å². The maximum atomic E-state index is 9.75. The van der Waals surface area contributed by atoms with Crippen molar-refractivity contribution in [1.82, 2.24) is 0 Å². The number of hydrogen-bond donors (Lipinski definition) is 1. The van der Waals surface area contributed by atoms with E-state index in [0.717, 1.165) is 18.8 Å². The molecule has 0 saturated heterocycles. The first-order valence-corrected chi connectivity index (χ1v) is 3.95. The third-order valence-electron chi connectivity index (χ3n) is 3.07. The lowest BCUT2D eigenvalue weighted by Gasteiger charge is -2.26. The second-order valence-electron chi connectivity index (χ2n) is 3.65. The first-order valence-electron chi connectivity index (χ1n) is 3.95. The molecular formula is C9H12O. The first-order chi connectivity index (χ1) is 4.74. The summed E-state index contributed by atoms with van der Waals surface area (Å²) in [6.45, 7) is 0. The lowest BCUT2D eigenvalue weighted by molar-refractivity contribution is 0.0439. The van der Waals surface area contributed by atoms with Gasteiger partial charge in [0, 0.05) is 0 Å². The first kappa shape index (κ1) is 6.24. The van der Waals surface area contributed by atoms with Crippen molar-refractivity contribution in [3.63, 3.8) is 0 Å². The van der Waals surface area contributed by atoms with Crippen LogP contribution in [0.4, 0.5) is 0 Å². The zero-order valence-electron chi connectivity index (χ0n) is 6.01. The highest BCUT2D eigenvalue weighted by molar-refractivity contribution is 5.17. The lowest BCUT2D eigenvalue weighted by atomic mass is 9.85. The van der Waals surface area contributed by atoms with Crippen LogP contribution in [0.5, 0.6) is 0 Å². The predicted molar refractivity (Wildman–Crippen MR) is 39.2 cm³/mol. The van der Waals surface area contributed by atoms with Crippen LogP contribution in [-0.4, -0.2) is 10.7 Å². The van der Waals surface area contributed by atoms with Crippen molar-refractivity contribution in [3.05, 3.63) is 0 Å². The van der Waals surface area contributed by atoms with Crippen molar-refractivity contribution in [1.29, 1.82) is 0 Å². The Bertz CT molecular complexity index is 191. The Morgan fingerprint density at radius 1 is 1.50 bits per heavy atom. The van der Waals surface area contributed by atoms with Crippen molar-refractivity contribution < 1.29 is 5.11 Å². The van der Waals surface area contributed by atoms with Gasteiger partial charge in [0.1, 0.15) is 5.60 Å². The van der Waals surface area contributed by atoms with Crippen molar-refractivity contribution in [3.8, 4) is 12.3 Å². The largest absolute Gasteiger partial charge is 0.377 e. The van der Waals surface area contributed by atoms with Crippen LogP contribution < -0.4 is 0 Å². The van der Waals surface area contributed by atoms with E-state index in [4.69, 9.17) is 6.42 Å². The van der Waals surface area contributed by atoms with Crippen molar-refractivity contribution in [2.24, 2.45) is 11.8 Å². The molecule has 2 aliphatic carbocycles. The maximum Gasteiger partial charge on any atom is 0.128 e. The summed E-state index contributed by atoms with van der Waals surface area (Å²) in [5.41, 5.74) is -0.719. The smallest absolute Gasteiger partial charge is 0.128 e. The molecule has 54 valence electrons. The molecule has 2 rings (SSSR count). The van der Waals surface area contributed by atoms with Gasteiger partial charge < -0.3 is 5.11 Å². The van der Waals surface area contributed by atoms with Gasteiger partial charge in [-0.3, -0.25) is 0 Å². The van der Waals surface area contributed by atoms with Gasteiger partial charge in [-0.2, -0.15) is 0 Å². The Kier molecular flexibility index (Phi) is 1.10. The van der Waals surface area contributed by atoms with Crippen LogP contribution in [0, 0.1) is 24.2 Å². The van der Waals surface area contributed by atoms with Crippen LogP contribution in [0.25, 0.3) is 0 Å². The van der Waals surface area contributed by atoms with Crippen molar-refractivity contribution in [2.45, 2.75) is 31.3 Å². The second-order valence-corrected chi connectivity index (χ2v) is 3.65. The van der Waals surface area contributed by atoms with Gasteiger partial charge in [0.2, 0.25) is 0 Å². The highest BCUT2D eigenvalue weighted by Crippen LogP contribution is 2.50. The lowest BCUT2D eigenvalue weighted by Crippen LogP contribution is -2.32. The summed E-state index contributed by atoms with van der Waals surface area (Å²) in [7, 11) is 0. The molecule has 0 aliphatic heterocycles. The SMILES string of the molecule is C#C[C@]1(O)C[C@H]2CC[C@@H]1C2. The molecular weight excluding hydrogens is 124 g/mol. The molecule has 3 atom stereocenters. The molecule has 2 fully saturated rings. The van der Waals surface area contributed by atoms with E-state index in [9.17, 15) is 5.11 Å². The molecule has 0 aromatic heterocycles. The molecule has 0 aromatic carbocycles. The Balaban J connectivity index is 2.24. The van der Waals surface area contributed by atoms with Gasteiger partial charge in [0.05, 0.1) is 0 Å². The molecule has 1 N–H and O–H groups in total. The Morgan fingerprint density at radius 3 is 2.60 bits per heavy atom. The molecule has 2 bridgehead atoms. The Hall–Kier alpha value is -0.480. The summed E-state index contributed by atoms with van der Waals surface area (Å²) < 4.78 is 0. The molecule has 1 heteroatoms. The maximum absolute atomic E-state index is 9.75. The van der Waals surface area contributed by atoms with Crippen molar-refractivity contribution >= 4 is 0 Å². The van der Waals surface area contributed by atoms with E-state index in [1.807, 2.05) is 0 Å². The molecule has 0 spiro atoms. The van der Waals surface area contributed by atoms with Crippen LogP contribution in [0.3, 0.4) is 0 Å². The van der Waals surface area contributed by atoms with Gasteiger partial charge in [0.25, 0.3) is 0 Å². The normalized spacial score (nSPS) is 51.2. The van der Waals surface area contributed by atoms with Gasteiger partial charge in [-0.15, -0.1) is 6.42 Å². The number of terminal acetylenes is 1. The quantitative estimate of drug-likeness (QED) is 0.496. The summed E-state index contributed by atoms with van der Waals surface area (Å²) in [6.07, 6.45) is 9.71. The van der Waals surface area contributed by atoms with Crippen molar-refractivity contribution in [2.75, 3.05) is 0 Å². The fraction of sp³-hybridized carbons (Fsp3) is 0.778. The summed E-state index contributed by atoms with van der Waals surface area (Å²) in [5, 5.41) is 9.75. The molecule has 2 saturated carbocycles. The van der Waals surface area contributed by atoms with Gasteiger partial charge in [0.15, 0.2) is 0 Å². The number of rotatable bonds is 0. The topological polar surface area (TPSA) is 20.2 Å². The molecule has 2 aliphatic rings. The monoisotopic (exact) mass is 136 g/mol. The third kappa shape index (κ3) is 0.630. The zero-order valence-corrected chi connectivity index (χ0v) is 6.01. The predicted octanol–water partition coefficient (Wildman–Crippen LogP) is 1.17. The Morgan fingerprint density at radius 2 is 2.30 bits per heavy atom. The standard InChI is InChI=1S/C9H12O/c1-2-9(10)6-7-3-4-8(9)5-7/h1,7-8,10H,3-6H2/t7-,8+,9-/m0/s1. The summed E-state index contributed by atoms with van der Waals surface area (Å²) in [4.78, 5) is 0. The van der Waals surface area contributed by atoms with Crippen LogP contribution in [0.1, 0.15) is 25.7 Å². The third-order valence-corrected chi connectivity index (χ3v) is 3.07. The summed E-state index contributed by atoms with van der Waals surface area (Å²) in [5.74, 6) is 3.67. The van der Waals surface area contributed by atoms with E-state index >= 15 is 0 Å². The second kappa shape index (κ2) is 1.77. The minimum absolute atomic E-state index is 0.419. The molecule has 0 radical (unpaired) electrons. The minimum atomic E-state index is -0.719. The van der Waals surface area contributed by atoms with Crippen LogP contribution in [0.15, 0.2) is 0 Å². The van der Waals surface area contributed by atoms with Gasteiger partial charge in [-0.25, -0.2) is 0 Å². The van der Waals surface area contributed by atoms with E-state index in [1.165, 1.54) is 12.8 Å². The summed E-state index contributed by atoms with van der Waals surface area (Å²) in [6, 6.07) is 0. The van der Waals surface area contributed by atoms with Crippen LogP contribution in [-0.2, 0) is 0 Å². The van der Waals surface area contributed by atoms with Gasteiger partial charge in [-0.1, -0.05) is 5.92 Å². The fourth-order valence-corrected chi connectivity index (χ4v) is 2.48. The van der Waals surface area contributed by atoms with E-state index in [2.05, 4.69) is 5.92 Å². The molecule has 0 aromatic rings. The highest BCUT2D eigenvalue weighted by Gasteiger charge is 2.48. The molecule has 10 heavy (non-hydrogen) atoms. The minimum Gasteiger partial charge on any atom is -0.377 e.